The van der Waals surface area contributed by atoms with E-state index in [0.29, 0.717) is 0 Å². The molecule has 6 aromatic carbocycles. The number of rotatable bonds is 3. The third kappa shape index (κ3) is 3.41. The van der Waals surface area contributed by atoms with E-state index in [2.05, 4.69) is 152 Å². The first kappa shape index (κ1) is 23.0. The first-order chi connectivity index (χ1) is 19.6. The second-order valence-corrected chi connectivity index (χ2v) is 11.5. The van der Waals surface area contributed by atoms with Gasteiger partial charge in [-0.3, -0.25) is 0 Å². The largest absolute Gasteiger partial charge is 0.354 e. The molecular formula is C39H29N. The molecule has 0 fully saturated rings. The maximum Gasteiger partial charge on any atom is 0.0544 e. The van der Waals surface area contributed by atoms with Gasteiger partial charge in [-0.05, 0) is 74.3 Å². The van der Waals surface area contributed by atoms with Crippen molar-refractivity contribution >= 4 is 21.8 Å². The first-order valence-electron chi connectivity index (χ1n) is 14.0. The highest BCUT2D eigenvalue weighted by atomic mass is 14.7. The minimum Gasteiger partial charge on any atom is -0.354 e. The summed E-state index contributed by atoms with van der Waals surface area (Å²) in [4.78, 5) is 3.67. The van der Waals surface area contributed by atoms with Gasteiger partial charge in [-0.1, -0.05) is 123 Å². The highest BCUT2D eigenvalue weighted by Crippen LogP contribution is 2.49. The van der Waals surface area contributed by atoms with Crippen LogP contribution in [0.15, 0.2) is 133 Å². The molecule has 40 heavy (non-hydrogen) atoms. The van der Waals surface area contributed by atoms with Crippen LogP contribution >= 0.6 is 0 Å². The lowest BCUT2D eigenvalue weighted by Crippen LogP contribution is -2.14. The van der Waals surface area contributed by atoms with Gasteiger partial charge in [-0.15, -0.1) is 0 Å². The first-order valence-corrected chi connectivity index (χ1v) is 14.0. The highest BCUT2D eigenvalue weighted by Gasteiger charge is 2.35. The van der Waals surface area contributed by atoms with Gasteiger partial charge >= 0.3 is 0 Å². The Labute approximate surface area is 234 Å². The Bertz CT molecular complexity index is 2090. The minimum absolute atomic E-state index is 0.0284. The van der Waals surface area contributed by atoms with E-state index >= 15 is 0 Å². The number of hydrogen-bond donors (Lipinski definition) is 1. The molecule has 1 heteroatoms. The summed E-state index contributed by atoms with van der Waals surface area (Å²) in [6.07, 6.45) is 0. The molecule has 0 atom stereocenters. The Morgan fingerprint density at radius 1 is 0.425 bits per heavy atom. The third-order valence-corrected chi connectivity index (χ3v) is 8.83. The van der Waals surface area contributed by atoms with Crippen LogP contribution in [-0.2, 0) is 5.41 Å². The number of fused-ring (bicyclic) bond motifs is 6. The molecule has 1 N–H and O–H groups in total. The normalized spacial score (nSPS) is 13.4. The molecule has 0 amide bonds. The van der Waals surface area contributed by atoms with Gasteiger partial charge in [0.05, 0.1) is 5.52 Å². The van der Waals surface area contributed by atoms with Crippen LogP contribution in [0.2, 0.25) is 0 Å². The van der Waals surface area contributed by atoms with Crippen LogP contribution in [0.5, 0.6) is 0 Å². The van der Waals surface area contributed by atoms with Crippen LogP contribution < -0.4 is 0 Å². The van der Waals surface area contributed by atoms with Crippen molar-refractivity contribution in [2.24, 2.45) is 0 Å². The van der Waals surface area contributed by atoms with Crippen LogP contribution in [0.25, 0.3) is 66.3 Å². The molecule has 0 spiro atoms. The third-order valence-electron chi connectivity index (χ3n) is 8.83. The lowest BCUT2D eigenvalue weighted by Gasteiger charge is -2.21. The van der Waals surface area contributed by atoms with Crippen LogP contribution in [0.1, 0.15) is 25.0 Å². The predicted octanol–water partition coefficient (Wildman–Crippen LogP) is 10.6. The topological polar surface area (TPSA) is 15.8 Å². The SMILES string of the molecule is CC1(C)c2ccccc2-c2cc(-c3cccc(-c4cccc(-c5cccc6c5[nH]c5ccccc56)c4)c3)ccc21. The molecule has 0 saturated carbocycles. The van der Waals surface area contributed by atoms with Crippen LogP contribution in [-0.4, -0.2) is 4.98 Å². The lowest BCUT2D eigenvalue weighted by molar-refractivity contribution is 0.660. The summed E-state index contributed by atoms with van der Waals surface area (Å²) in [6.45, 7) is 4.67. The predicted molar refractivity (Wildman–Crippen MR) is 170 cm³/mol. The summed E-state index contributed by atoms with van der Waals surface area (Å²) >= 11 is 0. The summed E-state index contributed by atoms with van der Waals surface area (Å²) in [7, 11) is 0. The van der Waals surface area contributed by atoms with E-state index < -0.39 is 0 Å². The molecule has 1 aromatic heterocycles. The molecule has 7 aromatic rings. The Morgan fingerprint density at radius 3 is 1.82 bits per heavy atom. The van der Waals surface area contributed by atoms with Crippen molar-refractivity contribution in [1.29, 1.82) is 0 Å². The van der Waals surface area contributed by atoms with Gasteiger partial charge in [0.2, 0.25) is 0 Å². The van der Waals surface area contributed by atoms with Crippen molar-refractivity contribution in [1.82, 2.24) is 4.98 Å². The molecule has 8 rings (SSSR count). The Morgan fingerprint density at radius 2 is 1.00 bits per heavy atom. The Hall–Kier alpha value is -4.88. The summed E-state index contributed by atoms with van der Waals surface area (Å²) in [5, 5.41) is 2.53. The lowest BCUT2D eigenvalue weighted by atomic mass is 9.82. The average molecular weight is 512 g/mol. The molecule has 0 bridgehead atoms. The maximum atomic E-state index is 3.67. The maximum absolute atomic E-state index is 3.67. The van der Waals surface area contributed by atoms with Gasteiger partial charge in [0.15, 0.2) is 0 Å². The molecule has 1 nitrogen and oxygen atoms in total. The van der Waals surface area contributed by atoms with Crippen molar-refractivity contribution < 1.29 is 0 Å². The van der Waals surface area contributed by atoms with Gasteiger partial charge in [0.25, 0.3) is 0 Å². The van der Waals surface area contributed by atoms with E-state index in [0.717, 1.165) is 0 Å². The molecule has 0 saturated heterocycles. The quantitative estimate of drug-likeness (QED) is 0.243. The second-order valence-electron chi connectivity index (χ2n) is 11.5. The molecule has 1 heterocycles. The van der Waals surface area contributed by atoms with E-state index in [1.807, 2.05) is 0 Å². The van der Waals surface area contributed by atoms with Crippen molar-refractivity contribution in [2.75, 3.05) is 0 Å². The van der Waals surface area contributed by atoms with E-state index in [4.69, 9.17) is 0 Å². The van der Waals surface area contributed by atoms with E-state index in [-0.39, 0.29) is 5.41 Å². The molecule has 0 unspecified atom stereocenters. The van der Waals surface area contributed by atoms with Crippen LogP contribution in [0, 0.1) is 0 Å². The fraction of sp³-hybridized carbons (Fsp3) is 0.0769. The van der Waals surface area contributed by atoms with Gasteiger partial charge in [0.1, 0.15) is 0 Å². The Kier molecular flexibility index (Phi) is 4.93. The molecule has 1 aliphatic rings. The van der Waals surface area contributed by atoms with E-state index in [1.165, 1.54) is 77.4 Å². The summed E-state index contributed by atoms with van der Waals surface area (Å²) in [6, 6.07) is 48.9. The minimum atomic E-state index is 0.0284. The zero-order valence-electron chi connectivity index (χ0n) is 22.7. The standard InChI is InChI=1S/C39H29N/c1-39(2)35-18-5-3-14-31(35)34-24-28(20-21-36(34)39)26-11-7-10-25(22-26)27-12-8-13-29(23-27)30-16-9-17-33-32-15-4-6-19-37(32)40-38(30)33/h3-24,40H,1-2H3. The fourth-order valence-corrected chi connectivity index (χ4v) is 6.76. The van der Waals surface area contributed by atoms with Gasteiger partial charge in [-0.25, -0.2) is 0 Å². The van der Waals surface area contributed by atoms with Crippen molar-refractivity contribution in [3.63, 3.8) is 0 Å². The number of hydrogen-bond acceptors (Lipinski definition) is 0. The summed E-state index contributed by atoms with van der Waals surface area (Å²) < 4.78 is 0. The number of aromatic nitrogens is 1. The van der Waals surface area contributed by atoms with E-state index in [1.54, 1.807) is 0 Å². The number of aromatic amines is 1. The Balaban J connectivity index is 1.21. The molecule has 1 aliphatic carbocycles. The summed E-state index contributed by atoms with van der Waals surface area (Å²) in [5.41, 5.74) is 15.3. The van der Waals surface area contributed by atoms with Crippen molar-refractivity contribution in [2.45, 2.75) is 19.3 Å². The highest BCUT2D eigenvalue weighted by molar-refractivity contribution is 6.11. The molecule has 0 radical (unpaired) electrons. The molecule has 0 aliphatic heterocycles. The van der Waals surface area contributed by atoms with Crippen LogP contribution in [0.3, 0.4) is 0 Å². The number of para-hydroxylation sites is 2. The van der Waals surface area contributed by atoms with Crippen molar-refractivity contribution in [3.05, 3.63) is 145 Å². The molecular weight excluding hydrogens is 482 g/mol. The van der Waals surface area contributed by atoms with Crippen LogP contribution in [0.4, 0.5) is 0 Å². The van der Waals surface area contributed by atoms with Gasteiger partial charge in [0, 0.05) is 27.3 Å². The second kappa shape index (κ2) is 8.56. The summed E-state index contributed by atoms with van der Waals surface area (Å²) in [5.74, 6) is 0. The van der Waals surface area contributed by atoms with E-state index in [9.17, 15) is 0 Å². The fourth-order valence-electron chi connectivity index (χ4n) is 6.76. The number of nitrogens with one attached hydrogen (secondary N) is 1. The van der Waals surface area contributed by atoms with Crippen molar-refractivity contribution in [3.8, 4) is 44.5 Å². The smallest absolute Gasteiger partial charge is 0.0544 e. The van der Waals surface area contributed by atoms with Gasteiger partial charge in [-0.2, -0.15) is 0 Å². The zero-order chi connectivity index (χ0) is 26.8. The molecule has 190 valence electrons. The zero-order valence-corrected chi connectivity index (χ0v) is 22.7. The monoisotopic (exact) mass is 511 g/mol. The average Bonchev–Trinajstić information content (AvgIpc) is 3.50. The van der Waals surface area contributed by atoms with Gasteiger partial charge < -0.3 is 4.98 Å². The number of H-pyrrole nitrogens is 1. The number of benzene rings is 6.